The third-order valence-corrected chi connectivity index (χ3v) is 2.24. The molecule has 1 aromatic rings. The standard InChI is InChI=1S/C14H15F4NO/c1-2-3-4-5-10-20-13(14(16,17)18)19-12-8-6-11(15)7-9-12/h4-9H,2-3,10H2,1H3/b5-4+,19-13?. The first-order valence-electron chi connectivity index (χ1n) is 6.12. The van der Waals surface area contributed by atoms with E-state index in [4.69, 9.17) is 0 Å². The Morgan fingerprint density at radius 3 is 2.40 bits per heavy atom. The molecule has 0 spiro atoms. The molecule has 2 nitrogen and oxygen atoms in total. The van der Waals surface area contributed by atoms with E-state index < -0.39 is 17.9 Å². The van der Waals surface area contributed by atoms with Crippen LogP contribution in [0, 0.1) is 5.82 Å². The second-order valence-electron chi connectivity index (χ2n) is 3.96. The Labute approximate surface area is 114 Å². The molecule has 0 N–H and O–H groups in total. The first kappa shape index (κ1) is 16.2. The summed E-state index contributed by atoms with van der Waals surface area (Å²) < 4.78 is 55.4. The van der Waals surface area contributed by atoms with Gasteiger partial charge >= 0.3 is 6.18 Å². The van der Waals surface area contributed by atoms with Crippen molar-refractivity contribution >= 4 is 11.6 Å². The second kappa shape index (κ2) is 7.67. The maximum atomic E-state index is 12.7. The lowest BCUT2D eigenvalue weighted by Gasteiger charge is -2.10. The number of allylic oxidation sites excluding steroid dienone is 1. The van der Waals surface area contributed by atoms with Crippen LogP contribution >= 0.6 is 0 Å². The Bertz CT molecular complexity index is 463. The molecule has 1 aromatic carbocycles. The molecule has 0 aromatic heterocycles. The van der Waals surface area contributed by atoms with Crippen molar-refractivity contribution in [2.24, 2.45) is 4.99 Å². The molecule has 0 aliphatic rings. The summed E-state index contributed by atoms with van der Waals surface area (Å²) in [5.41, 5.74) is -0.0173. The molecule has 0 saturated heterocycles. The minimum atomic E-state index is -4.69. The molecule has 20 heavy (non-hydrogen) atoms. The summed E-state index contributed by atoms with van der Waals surface area (Å²) in [6.45, 7) is 1.75. The predicted molar refractivity (Wildman–Crippen MR) is 69.6 cm³/mol. The third-order valence-electron chi connectivity index (χ3n) is 2.24. The molecule has 0 atom stereocenters. The molecule has 0 bridgehead atoms. The Hall–Kier alpha value is -1.85. The number of alkyl halides is 3. The zero-order chi connectivity index (χ0) is 15.0. The van der Waals surface area contributed by atoms with Crippen LogP contribution in [-0.2, 0) is 4.74 Å². The van der Waals surface area contributed by atoms with Crippen LogP contribution < -0.4 is 0 Å². The Morgan fingerprint density at radius 2 is 1.85 bits per heavy atom. The van der Waals surface area contributed by atoms with E-state index in [1.807, 2.05) is 6.92 Å². The Morgan fingerprint density at radius 1 is 1.20 bits per heavy atom. The van der Waals surface area contributed by atoms with Crippen LogP contribution in [0.1, 0.15) is 19.8 Å². The topological polar surface area (TPSA) is 21.6 Å². The van der Waals surface area contributed by atoms with Crippen molar-refractivity contribution in [2.45, 2.75) is 25.9 Å². The van der Waals surface area contributed by atoms with Crippen molar-refractivity contribution < 1.29 is 22.3 Å². The van der Waals surface area contributed by atoms with Gasteiger partial charge in [-0.25, -0.2) is 9.38 Å². The largest absolute Gasteiger partial charge is 0.470 e. The molecular formula is C14H15F4NO. The monoisotopic (exact) mass is 289 g/mol. The number of unbranched alkanes of at least 4 members (excludes halogenated alkanes) is 1. The van der Waals surface area contributed by atoms with Crippen molar-refractivity contribution in [1.29, 1.82) is 0 Å². The highest BCUT2D eigenvalue weighted by Gasteiger charge is 2.38. The van der Waals surface area contributed by atoms with Gasteiger partial charge in [0.1, 0.15) is 12.4 Å². The molecular weight excluding hydrogens is 274 g/mol. The summed E-state index contributed by atoms with van der Waals surface area (Å²) in [5, 5.41) is 0. The van der Waals surface area contributed by atoms with Gasteiger partial charge < -0.3 is 4.74 Å². The van der Waals surface area contributed by atoms with Crippen LogP contribution in [-0.4, -0.2) is 18.7 Å². The van der Waals surface area contributed by atoms with Crippen molar-refractivity contribution in [3.63, 3.8) is 0 Å². The SMILES string of the molecule is CCC/C=C/COC(=Nc1ccc(F)cc1)C(F)(F)F. The summed E-state index contributed by atoms with van der Waals surface area (Å²) >= 11 is 0. The van der Waals surface area contributed by atoms with Gasteiger partial charge in [-0.1, -0.05) is 25.5 Å². The molecule has 0 saturated carbocycles. The number of aliphatic imine (C=N–C) groups is 1. The van der Waals surface area contributed by atoms with E-state index >= 15 is 0 Å². The molecule has 0 unspecified atom stereocenters. The van der Waals surface area contributed by atoms with Crippen LogP contribution in [0.4, 0.5) is 23.2 Å². The van der Waals surface area contributed by atoms with Gasteiger partial charge in [0.15, 0.2) is 0 Å². The summed E-state index contributed by atoms with van der Waals surface area (Å²) in [5.74, 6) is -1.88. The van der Waals surface area contributed by atoms with E-state index in [0.717, 1.165) is 37.1 Å². The molecule has 0 radical (unpaired) electrons. The van der Waals surface area contributed by atoms with E-state index in [1.165, 1.54) is 6.08 Å². The summed E-state index contributed by atoms with van der Waals surface area (Å²) in [7, 11) is 0. The van der Waals surface area contributed by atoms with Gasteiger partial charge in [0.2, 0.25) is 0 Å². The Kier molecular flexibility index (Phi) is 6.21. The van der Waals surface area contributed by atoms with Crippen molar-refractivity contribution in [3.05, 3.63) is 42.2 Å². The second-order valence-corrected chi connectivity index (χ2v) is 3.96. The molecule has 0 amide bonds. The van der Waals surface area contributed by atoms with Gasteiger partial charge in [-0.2, -0.15) is 13.2 Å². The van der Waals surface area contributed by atoms with Gasteiger partial charge in [-0.3, -0.25) is 0 Å². The van der Waals surface area contributed by atoms with E-state index in [1.54, 1.807) is 6.08 Å². The Balaban J connectivity index is 2.76. The maximum Gasteiger partial charge on any atom is 0.468 e. The zero-order valence-electron chi connectivity index (χ0n) is 11.0. The van der Waals surface area contributed by atoms with E-state index in [9.17, 15) is 17.6 Å². The third kappa shape index (κ3) is 5.86. The van der Waals surface area contributed by atoms with Crippen LogP contribution in [0.3, 0.4) is 0 Å². The fourth-order valence-electron chi connectivity index (χ4n) is 1.29. The molecule has 0 fully saturated rings. The molecule has 110 valence electrons. The maximum absolute atomic E-state index is 12.7. The van der Waals surface area contributed by atoms with Crippen molar-refractivity contribution in [1.82, 2.24) is 0 Å². The number of hydrogen-bond acceptors (Lipinski definition) is 2. The van der Waals surface area contributed by atoms with Crippen LogP contribution in [0.2, 0.25) is 0 Å². The van der Waals surface area contributed by atoms with Gasteiger partial charge in [0.25, 0.3) is 5.90 Å². The average molecular weight is 289 g/mol. The number of ether oxygens (including phenoxy) is 1. The van der Waals surface area contributed by atoms with E-state index in [0.29, 0.717) is 0 Å². The lowest BCUT2D eigenvalue weighted by Crippen LogP contribution is -2.25. The van der Waals surface area contributed by atoms with E-state index in [2.05, 4.69) is 9.73 Å². The summed E-state index contributed by atoms with van der Waals surface area (Å²) in [6, 6.07) is 4.37. The van der Waals surface area contributed by atoms with Crippen LogP contribution in [0.25, 0.3) is 0 Å². The van der Waals surface area contributed by atoms with Crippen LogP contribution in [0.15, 0.2) is 41.4 Å². The fraction of sp³-hybridized carbons (Fsp3) is 0.357. The fourth-order valence-corrected chi connectivity index (χ4v) is 1.29. The molecule has 0 heterocycles. The van der Waals surface area contributed by atoms with E-state index in [-0.39, 0.29) is 12.3 Å². The highest BCUT2D eigenvalue weighted by Crippen LogP contribution is 2.22. The zero-order valence-corrected chi connectivity index (χ0v) is 11.0. The first-order chi connectivity index (χ1) is 9.43. The number of hydrogen-bond donors (Lipinski definition) is 0. The molecule has 1 rings (SSSR count). The van der Waals surface area contributed by atoms with Gasteiger partial charge in [-0.05, 0) is 30.7 Å². The highest BCUT2D eigenvalue weighted by atomic mass is 19.4. The quantitative estimate of drug-likeness (QED) is 0.330. The number of benzene rings is 1. The highest BCUT2D eigenvalue weighted by molar-refractivity contribution is 5.84. The number of halogens is 4. The van der Waals surface area contributed by atoms with Gasteiger partial charge in [0.05, 0.1) is 5.69 Å². The number of nitrogens with zero attached hydrogens (tertiary/aromatic N) is 1. The van der Waals surface area contributed by atoms with Crippen LogP contribution in [0.5, 0.6) is 0 Å². The lowest BCUT2D eigenvalue weighted by atomic mass is 10.3. The lowest BCUT2D eigenvalue weighted by molar-refractivity contribution is -0.0770. The normalized spacial score (nSPS) is 12.9. The predicted octanol–water partition coefficient (Wildman–Crippen LogP) is 4.79. The van der Waals surface area contributed by atoms with Crippen molar-refractivity contribution in [2.75, 3.05) is 6.61 Å². The number of rotatable bonds is 5. The summed E-state index contributed by atoms with van der Waals surface area (Å²) in [6.07, 6.45) is 0.250. The van der Waals surface area contributed by atoms with Crippen molar-refractivity contribution in [3.8, 4) is 0 Å². The minimum Gasteiger partial charge on any atom is -0.470 e. The van der Waals surface area contributed by atoms with Gasteiger partial charge in [0, 0.05) is 0 Å². The summed E-state index contributed by atoms with van der Waals surface area (Å²) in [4.78, 5) is 3.36. The molecule has 0 aliphatic heterocycles. The first-order valence-corrected chi connectivity index (χ1v) is 6.12. The minimum absolute atomic E-state index is 0.0173. The average Bonchev–Trinajstić information content (AvgIpc) is 2.38. The van der Waals surface area contributed by atoms with Gasteiger partial charge in [-0.15, -0.1) is 0 Å². The molecule has 0 aliphatic carbocycles. The molecule has 6 heteroatoms. The smallest absolute Gasteiger partial charge is 0.468 e.